The highest BCUT2D eigenvalue weighted by Gasteiger charge is 2.27. The van der Waals surface area contributed by atoms with Gasteiger partial charge in [-0.25, -0.2) is 4.98 Å². The van der Waals surface area contributed by atoms with Crippen LogP contribution >= 0.6 is 11.3 Å². The average molecular weight is 244 g/mol. The predicted octanol–water partition coefficient (Wildman–Crippen LogP) is 0.545. The van der Waals surface area contributed by atoms with Crippen LogP contribution in [-0.4, -0.2) is 31.1 Å². The lowest BCUT2D eigenvalue weighted by Crippen LogP contribution is -2.19. The number of anilines is 1. The minimum Gasteiger partial charge on any atom is -0.469 e. The van der Waals surface area contributed by atoms with Gasteiger partial charge in [0.25, 0.3) is 0 Å². The molecule has 0 bridgehead atoms. The van der Waals surface area contributed by atoms with E-state index in [1.54, 1.807) is 5.38 Å². The van der Waals surface area contributed by atoms with Crippen molar-refractivity contribution in [2.75, 3.05) is 20.0 Å². The zero-order chi connectivity index (χ0) is 12.1. The molecule has 16 heavy (non-hydrogen) atoms. The largest absolute Gasteiger partial charge is 0.469 e. The fourth-order valence-corrected chi connectivity index (χ4v) is 1.78. The molecule has 0 aliphatic carbocycles. The first-order valence-corrected chi connectivity index (χ1v) is 5.32. The van der Waals surface area contributed by atoms with Crippen LogP contribution < -0.4 is 5.73 Å². The molecule has 1 unspecified atom stereocenters. The molecule has 0 fully saturated rings. The topological polar surface area (TPSA) is 91.5 Å². The number of esters is 2. The SMILES string of the molecule is COC(=O)CC(C(=O)OC)c1csc(N)n1. The highest BCUT2D eigenvalue weighted by Crippen LogP contribution is 2.24. The third-order valence-corrected chi connectivity index (χ3v) is 2.67. The first-order valence-electron chi connectivity index (χ1n) is 4.44. The monoisotopic (exact) mass is 244 g/mol. The molecule has 88 valence electrons. The second-order valence-electron chi connectivity index (χ2n) is 2.97. The van der Waals surface area contributed by atoms with E-state index in [2.05, 4.69) is 14.5 Å². The van der Waals surface area contributed by atoms with Gasteiger partial charge in [-0.15, -0.1) is 11.3 Å². The number of hydrogen-bond acceptors (Lipinski definition) is 7. The number of nitrogens with zero attached hydrogens (tertiary/aromatic N) is 1. The Morgan fingerprint density at radius 1 is 1.50 bits per heavy atom. The fraction of sp³-hybridized carbons (Fsp3) is 0.444. The fourth-order valence-electron chi connectivity index (χ4n) is 1.16. The second-order valence-corrected chi connectivity index (χ2v) is 3.86. The van der Waals surface area contributed by atoms with Crippen LogP contribution in [0.4, 0.5) is 5.13 Å². The second kappa shape index (κ2) is 5.45. The van der Waals surface area contributed by atoms with E-state index in [0.717, 1.165) is 0 Å². The van der Waals surface area contributed by atoms with E-state index in [1.807, 2.05) is 0 Å². The molecular formula is C9H12N2O4S. The van der Waals surface area contributed by atoms with Gasteiger partial charge in [0.1, 0.15) is 5.92 Å². The van der Waals surface area contributed by atoms with E-state index in [4.69, 9.17) is 5.73 Å². The van der Waals surface area contributed by atoms with Crippen molar-refractivity contribution >= 4 is 28.4 Å². The Balaban J connectivity index is 2.87. The molecular weight excluding hydrogens is 232 g/mol. The van der Waals surface area contributed by atoms with Crippen LogP contribution in [0.3, 0.4) is 0 Å². The van der Waals surface area contributed by atoms with Crippen LogP contribution in [0.5, 0.6) is 0 Å². The van der Waals surface area contributed by atoms with Gasteiger partial charge in [0.2, 0.25) is 0 Å². The van der Waals surface area contributed by atoms with Gasteiger partial charge in [-0.05, 0) is 0 Å². The molecule has 0 saturated heterocycles. The average Bonchev–Trinajstić information content (AvgIpc) is 2.71. The summed E-state index contributed by atoms with van der Waals surface area (Å²) in [7, 11) is 2.51. The van der Waals surface area contributed by atoms with Gasteiger partial charge in [0, 0.05) is 5.38 Å². The van der Waals surface area contributed by atoms with Crippen LogP contribution in [-0.2, 0) is 19.1 Å². The zero-order valence-corrected chi connectivity index (χ0v) is 9.74. The number of hydrogen-bond donors (Lipinski definition) is 1. The van der Waals surface area contributed by atoms with Crippen LogP contribution in [0.25, 0.3) is 0 Å². The normalized spacial score (nSPS) is 11.9. The van der Waals surface area contributed by atoms with E-state index in [-0.39, 0.29) is 6.42 Å². The third kappa shape index (κ3) is 2.93. The van der Waals surface area contributed by atoms with E-state index < -0.39 is 17.9 Å². The molecule has 1 heterocycles. The summed E-state index contributed by atoms with van der Waals surface area (Å²) in [6.07, 6.45) is -0.105. The van der Waals surface area contributed by atoms with Crippen molar-refractivity contribution in [2.24, 2.45) is 0 Å². The van der Waals surface area contributed by atoms with Crippen LogP contribution in [0.2, 0.25) is 0 Å². The maximum absolute atomic E-state index is 11.5. The molecule has 0 radical (unpaired) electrons. The van der Waals surface area contributed by atoms with Gasteiger partial charge in [0.15, 0.2) is 5.13 Å². The smallest absolute Gasteiger partial charge is 0.315 e. The highest BCUT2D eigenvalue weighted by molar-refractivity contribution is 7.13. The number of carbonyl (C=O) groups is 2. The van der Waals surface area contributed by atoms with Crippen molar-refractivity contribution in [3.05, 3.63) is 11.1 Å². The summed E-state index contributed by atoms with van der Waals surface area (Å²) in [5.41, 5.74) is 5.89. The van der Waals surface area contributed by atoms with Crippen molar-refractivity contribution in [3.8, 4) is 0 Å². The molecule has 1 aromatic rings. The molecule has 1 atom stereocenters. The number of nitrogen functional groups attached to an aromatic ring is 1. The van der Waals surface area contributed by atoms with Crippen molar-refractivity contribution < 1.29 is 19.1 Å². The molecule has 0 amide bonds. The summed E-state index contributed by atoms with van der Waals surface area (Å²) in [5.74, 6) is -1.79. The molecule has 0 aromatic carbocycles. The van der Waals surface area contributed by atoms with E-state index in [1.165, 1.54) is 25.6 Å². The van der Waals surface area contributed by atoms with Crippen molar-refractivity contribution in [1.29, 1.82) is 0 Å². The summed E-state index contributed by atoms with van der Waals surface area (Å²) < 4.78 is 9.10. The third-order valence-electron chi connectivity index (χ3n) is 1.98. The summed E-state index contributed by atoms with van der Waals surface area (Å²) in [6.45, 7) is 0. The lowest BCUT2D eigenvalue weighted by molar-refractivity contribution is -0.149. The van der Waals surface area contributed by atoms with Gasteiger partial charge in [-0.3, -0.25) is 9.59 Å². The predicted molar refractivity (Wildman–Crippen MR) is 57.9 cm³/mol. The van der Waals surface area contributed by atoms with Gasteiger partial charge >= 0.3 is 11.9 Å². The number of methoxy groups -OCH3 is 2. The van der Waals surface area contributed by atoms with Gasteiger partial charge < -0.3 is 15.2 Å². The summed E-state index contributed by atoms with van der Waals surface area (Å²) >= 11 is 1.20. The number of thiazole rings is 1. The van der Waals surface area contributed by atoms with Crippen LogP contribution in [0.15, 0.2) is 5.38 Å². The molecule has 1 aromatic heterocycles. The van der Waals surface area contributed by atoms with Crippen LogP contribution in [0.1, 0.15) is 18.0 Å². The van der Waals surface area contributed by atoms with E-state index in [9.17, 15) is 9.59 Å². The Bertz CT molecular complexity index is 391. The van der Waals surface area contributed by atoms with Gasteiger partial charge in [0.05, 0.1) is 26.3 Å². The Morgan fingerprint density at radius 3 is 2.62 bits per heavy atom. The van der Waals surface area contributed by atoms with Crippen molar-refractivity contribution in [1.82, 2.24) is 4.98 Å². The van der Waals surface area contributed by atoms with E-state index in [0.29, 0.717) is 10.8 Å². The van der Waals surface area contributed by atoms with Crippen molar-refractivity contribution in [3.63, 3.8) is 0 Å². The quantitative estimate of drug-likeness (QED) is 0.777. The Hall–Kier alpha value is -1.63. The maximum Gasteiger partial charge on any atom is 0.315 e. The Labute approximate surface area is 96.4 Å². The van der Waals surface area contributed by atoms with Gasteiger partial charge in [-0.2, -0.15) is 0 Å². The molecule has 0 aliphatic rings. The minimum atomic E-state index is -0.758. The Morgan fingerprint density at radius 2 is 2.19 bits per heavy atom. The van der Waals surface area contributed by atoms with Crippen LogP contribution in [0, 0.1) is 0 Å². The van der Waals surface area contributed by atoms with Crippen molar-refractivity contribution in [2.45, 2.75) is 12.3 Å². The number of rotatable bonds is 4. The molecule has 7 heteroatoms. The lowest BCUT2D eigenvalue weighted by Gasteiger charge is -2.10. The van der Waals surface area contributed by atoms with Gasteiger partial charge in [-0.1, -0.05) is 0 Å². The first kappa shape index (κ1) is 12.4. The maximum atomic E-state index is 11.5. The molecule has 2 N–H and O–H groups in total. The molecule has 0 saturated carbocycles. The number of nitrogens with two attached hydrogens (primary N) is 1. The molecule has 6 nitrogen and oxygen atoms in total. The number of carbonyl (C=O) groups excluding carboxylic acids is 2. The van der Waals surface area contributed by atoms with E-state index >= 15 is 0 Å². The minimum absolute atomic E-state index is 0.105. The molecule has 1 rings (SSSR count). The summed E-state index contributed by atoms with van der Waals surface area (Å²) in [6, 6.07) is 0. The zero-order valence-electron chi connectivity index (χ0n) is 8.93. The number of ether oxygens (including phenoxy) is 2. The summed E-state index contributed by atoms with van der Waals surface area (Å²) in [5, 5.41) is 1.97. The first-order chi connectivity index (χ1) is 7.58. The Kier molecular flexibility index (Phi) is 4.24. The standard InChI is InChI=1S/C9H12N2O4S/c1-14-7(12)3-5(8(13)15-2)6-4-16-9(10)11-6/h4-5H,3H2,1-2H3,(H2,10,11). The summed E-state index contributed by atoms with van der Waals surface area (Å²) in [4.78, 5) is 26.6. The highest BCUT2D eigenvalue weighted by atomic mass is 32.1. The number of aromatic nitrogens is 1. The lowest BCUT2D eigenvalue weighted by atomic mass is 10.0. The molecule has 0 aliphatic heterocycles. The molecule has 0 spiro atoms.